The number of carbonyl (C=O) groups is 2. The smallest absolute Gasteiger partial charge is 0.226 e. The molecular formula is C20H23NO3. The molecule has 0 aliphatic rings. The standard InChI is InChI=1S/C20H23NO3/c1-16(22)12-19(15-24-14-18-10-6-3-7-11-18)20(23)21-13-17-8-4-2-5-9-17/h2-11,19H,12-15H2,1H3,(H,21,23)/t19-/m1/s1. The first-order valence-corrected chi connectivity index (χ1v) is 8.08. The Hall–Kier alpha value is -2.46. The lowest BCUT2D eigenvalue weighted by Crippen LogP contribution is -2.34. The topological polar surface area (TPSA) is 55.4 Å². The maximum atomic E-state index is 12.4. The Morgan fingerprint density at radius 3 is 2.12 bits per heavy atom. The zero-order chi connectivity index (χ0) is 17.2. The summed E-state index contributed by atoms with van der Waals surface area (Å²) in [5.41, 5.74) is 2.07. The zero-order valence-electron chi connectivity index (χ0n) is 13.9. The predicted molar refractivity (Wildman–Crippen MR) is 93.2 cm³/mol. The van der Waals surface area contributed by atoms with E-state index in [0.29, 0.717) is 13.2 Å². The number of ether oxygens (including phenoxy) is 1. The molecule has 2 aromatic rings. The Bertz CT molecular complexity index is 640. The van der Waals surface area contributed by atoms with Crippen molar-refractivity contribution in [2.24, 2.45) is 5.92 Å². The van der Waals surface area contributed by atoms with Gasteiger partial charge in [0.15, 0.2) is 0 Å². The van der Waals surface area contributed by atoms with Crippen LogP contribution in [0.2, 0.25) is 0 Å². The Labute approximate surface area is 142 Å². The maximum absolute atomic E-state index is 12.4. The van der Waals surface area contributed by atoms with Crippen LogP contribution in [0.15, 0.2) is 60.7 Å². The summed E-state index contributed by atoms with van der Waals surface area (Å²) in [5.74, 6) is -0.629. The van der Waals surface area contributed by atoms with Crippen molar-refractivity contribution in [3.05, 3.63) is 71.8 Å². The zero-order valence-corrected chi connectivity index (χ0v) is 13.9. The molecule has 0 radical (unpaired) electrons. The van der Waals surface area contributed by atoms with E-state index in [1.54, 1.807) is 0 Å². The highest BCUT2D eigenvalue weighted by Crippen LogP contribution is 2.09. The molecule has 0 heterocycles. The summed E-state index contributed by atoms with van der Waals surface area (Å²) in [7, 11) is 0. The molecule has 0 bridgehead atoms. The molecule has 0 spiro atoms. The third-order valence-corrected chi connectivity index (χ3v) is 3.64. The fourth-order valence-corrected chi connectivity index (χ4v) is 2.40. The molecule has 1 N–H and O–H groups in total. The van der Waals surface area contributed by atoms with Crippen LogP contribution < -0.4 is 5.32 Å². The van der Waals surface area contributed by atoms with Crippen LogP contribution in [0, 0.1) is 5.92 Å². The van der Waals surface area contributed by atoms with E-state index in [0.717, 1.165) is 11.1 Å². The SMILES string of the molecule is CC(=O)C[C@H](COCc1ccccc1)C(=O)NCc1ccccc1. The Kier molecular flexibility index (Phi) is 7.18. The molecule has 4 nitrogen and oxygen atoms in total. The minimum atomic E-state index is -0.463. The minimum absolute atomic E-state index is 0.0156. The van der Waals surface area contributed by atoms with Crippen molar-refractivity contribution in [3.63, 3.8) is 0 Å². The lowest BCUT2D eigenvalue weighted by Gasteiger charge is -2.16. The van der Waals surface area contributed by atoms with E-state index in [1.165, 1.54) is 6.92 Å². The van der Waals surface area contributed by atoms with E-state index in [-0.39, 0.29) is 24.7 Å². The highest BCUT2D eigenvalue weighted by Gasteiger charge is 2.20. The average molecular weight is 325 g/mol. The molecule has 0 aromatic heterocycles. The summed E-state index contributed by atoms with van der Waals surface area (Å²) in [6.07, 6.45) is 0.190. The van der Waals surface area contributed by atoms with Gasteiger partial charge in [0.05, 0.1) is 19.1 Å². The van der Waals surface area contributed by atoms with Gasteiger partial charge in [0.1, 0.15) is 5.78 Å². The molecule has 0 aliphatic heterocycles. The monoisotopic (exact) mass is 325 g/mol. The van der Waals surface area contributed by atoms with Crippen LogP contribution in [-0.4, -0.2) is 18.3 Å². The van der Waals surface area contributed by atoms with E-state index in [1.807, 2.05) is 60.7 Å². The quantitative estimate of drug-likeness (QED) is 0.771. The van der Waals surface area contributed by atoms with E-state index in [9.17, 15) is 9.59 Å². The summed E-state index contributed by atoms with van der Waals surface area (Å²) in [4.78, 5) is 23.8. The molecule has 1 amide bonds. The second-order valence-electron chi connectivity index (χ2n) is 5.81. The number of amides is 1. The van der Waals surface area contributed by atoms with Crippen LogP contribution in [0.4, 0.5) is 0 Å². The number of ketones is 1. The van der Waals surface area contributed by atoms with Crippen LogP contribution in [0.3, 0.4) is 0 Å². The summed E-state index contributed by atoms with van der Waals surface area (Å²) >= 11 is 0. The van der Waals surface area contributed by atoms with Crippen LogP contribution in [0.25, 0.3) is 0 Å². The highest BCUT2D eigenvalue weighted by molar-refractivity contribution is 5.85. The summed E-state index contributed by atoms with van der Waals surface area (Å²) in [6.45, 7) is 2.61. The van der Waals surface area contributed by atoms with Crippen LogP contribution >= 0.6 is 0 Å². The third kappa shape index (κ3) is 6.34. The van der Waals surface area contributed by atoms with Crippen molar-refractivity contribution < 1.29 is 14.3 Å². The average Bonchev–Trinajstić information content (AvgIpc) is 2.60. The predicted octanol–water partition coefficient (Wildman–Crippen LogP) is 3.11. The van der Waals surface area contributed by atoms with Gasteiger partial charge in [0, 0.05) is 13.0 Å². The Morgan fingerprint density at radius 2 is 1.54 bits per heavy atom. The number of rotatable bonds is 9. The molecule has 24 heavy (non-hydrogen) atoms. The number of benzene rings is 2. The van der Waals surface area contributed by atoms with Gasteiger partial charge in [-0.3, -0.25) is 4.79 Å². The molecule has 2 aromatic carbocycles. The molecule has 1 atom stereocenters. The van der Waals surface area contributed by atoms with Crippen LogP contribution in [-0.2, 0) is 27.5 Å². The minimum Gasteiger partial charge on any atom is -0.376 e. The fourth-order valence-electron chi connectivity index (χ4n) is 2.40. The molecule has 0 saturated heterocycles. The van der Waals surface area contributed by atoms with Gasteiger partial charge in [0.25, 0.3) is 0 Å². The number of carbonyl (C=O) groups excluding carboxylic acids is 2. The summed E-state index contributed by atoms with van der Waals surface area (Å²) in [6, 6.07) is 19.5. The lowest BCUT2D eigenvalue weighted by atomic mass is 10.0. The van der Waals surface area contributed by atoms with Gasteiger partial charge in [-0.25, -0.2) is 0 Å². The first kappa shape index (κ1) is 17.9. The fraction of sp³-hybridized carbons (Fsp3) is 0.300. The van der Waals surface area contributed by atoms with E-state index in [2.05, 4.69) is 5.32 Å². The largest absolute Gasteiger partial charge is 0.376 e. The molecule has 4 heteroatoms. The van der Waals surface area contributed by atoms with Crippen LogP contribution in [0.1, 0.15) is 24.5 Å². The summed E-state index contributed by atoms with van der Waals surface area (Å²) < 4.78 is 5.64. The van der Waals surface area contributed by atoms with Crippen molar-refractivity contribution in [1.29, 1.82) is 0 Å². The number of hydrogen-bond acceptors (Lipinski definition) is 3. The van der Waals surface area contributed by atoms with Gasteiger partial charge in [-0.2, -0.15) is 0 Å². The van der Waals surface area contributed by atoms with Crippen molar-refractivity contribution in [3.8, 4) is 0 Å². The van der Waals surface area contributed by atoms with Gasteiger partial charge >= 0.3 is 0 Å². The molecule has 0 fully saturated rings. The van der Waals surface area contributed by atoms with Crippen molar-refractivity contribution in [1.82, 2.24) is 5.32 Å². The van der Waals surface area contributed by atoms with Crippen molar-refractivity contribution in [2.75, 3.05) is 6.61 Å². The van der Waals surface area contributed by atoms with Gasteiger partial charge in [-0.05, 0) is 18.1 Å². The van der Waals surface area contributed by atoms with Crippen molar-refractivity contribution in [2.45, 2.75) is 26.5 Å². The molecule has 2 rings (SSSR count). The van der Waals surface area contributed by atoms with E-state index < -0.39 is 5.92 Å². The molecule has 0 saturated carbocycles. The van der Waals surface area contributed by atoms with Crippen LogP contribution in [0.5, 0.6) is 0 Å². The third-order valence-electron chi connectivity index (χ3n) is 3.64. The Balaban J connectivity index is 1.84. The second-order valence-corrected chi connectivity index (χ2v) is 5.81. The normalized spacial score (nSPS) is 11.7. The van der Waals surface area contributed by atoms with Gasteiger partial charge in [0.2, 0.25) is 5.91 Å². The van der Waals surface area contributed by atoms with Gasteiger partial charge in [-0.15, -0.1) is 0 Å². The Morgan fingerprint density at radius 1 is 0.958 bits per heavy atom. The molecule has 0 aliphatic carbocycles. The molecule has 126 valence electrons. The molecular weight excluding hydrogens is 302 g/mol. The summed E-state index contributed by atoms with van der Waals surface area (Å²) in [5, 5.41) is 2.88. The second kappa shape index (κ2) is 9.63. The maximum Gasteiger partial charge on any atom is 0.226 e. The van der Waals surface area contributed by atoms with Crippen molar-refractivity contribution >= 4 is 11.7 Å². The molecule has 0 unspecified atom stereocenters. The number of nitrogens with one attached hydrogen (secondary N) is 1. The first-order chi connectivity index (χ1) is 11.6. The number of Topliss-reactive ketones (excluding diaryl/α,β-unsaturated/α-hetero) is 1. The van der Waals surface area contributed by atoms with E-state index >= 15 is 0 Å². The first-order valence-electron chi connectivity index (χ1n) is 8.08. The van der Waals surface area contributed by atoms with E-state index in [4.69, 9.17) is 4.74 Å². The lowest BCUT2D eigenvalue weighted by molar-refractivity contribution is -0.131. The number of hydrogen-bond donors (Lipinski definition) is 1. The van der Waals surface area contributed by atoms with Gasteiger partial charge < -0.3 is 14.8 Å². The highest BCUT2D eigenvalue weighted by atomic mass is 16.5. The van der Waals surface area contributed by atoms with Gasteiger partial charge in [-0.1, -0.05) is 60.7 Å².